The standard InChI is InChI=1S/C8H11BrO4/c9-4-6-5-12-7(10)2-1-3-8(11)13-6/h6H,1-5H2. The SMILES string of the molecule is O=C1CCCC(=O)OC(CBr)CO1. The first-order chi connectivity index (χ1) is 6.22. The Labute approximate surface area is 84.7 Å². The van der Waals surface area contributed by atoms with Crippen LogP contribution in [0, 0.1) is 0 Å². The molecule has 0 aromatic heterocycles. The molecule has 0 N–H and O–H groups in total. The molecular weight excluding hydrogens is 240 g/mol. The van der Waals surface area contributed by atoms with Crippen LogP contribution in [-0.4, -0.2) is 30.0 Å². The Hall–Kier alpha value is -0.580. The monoisotopic (exact) mass is 250 g/mol. The molecule has 0 saturated carbocycles. The van der Waals surface area contributed by atoms with Gasteiger partial charge in [0.2, 0.25) is 0 Å². The van der Waals surface area contributed by atoms with Crippen molar-refractivity contribution in [1.29, 1.82) is 0 Å². The Bertz CT molecular complexity index is 204. The molecule has 1 rings (SSSR count). The molecule has 1 saturated heterocycles. The van der Waals surface area contributed by atoms with Crippen LogP contribution in [0.25, 0.3) is 0 Å². The van der Waals surface area contributed by atoms with Crippen molar-refractivity contribution in [3.05, 3.63) is 0 Å². The first-order valence-corrected chi connectivity index (χ1v) is 5.25. The molecule has 1 aliphatic rings. The fraction of sp³-hybridized carbons (Fsp3) is 0.750. The molecule has 13 heavy (non-hydrogen) atoms. The molecule has 5 heteroatoms. The zero-order valence-electron chi connectivity index (χ0n) is 7.12. The van der Waals surface area contributed by atoms with Gasteiger partial charge >= 0.3 is 11.9 Å². The number of carbonyl (C=O) groups is 2. The molecular formula is C8H11BrO4. The molecule has 0 spiro atoms. The molecule has 1 fully saturated rings. The number of rotatable bonds is 1. The van der Waals surface area contributed by atoms with Crippen LogP contribution in [0.5, 0.6) is 0 Å². The van der Waals surface area contributed by atoms with Crippen molar-refractivity contribution in [2.75, 3.05) is 11.9 Å². The van der Waals surface area contributed by atoms with Gasteiger partial charge in [-0.3, -0.25) is 9.59 Å². The average Bonchev–Trinajstić information content (AvgIpc) is 2.18. The minimum atomic E-state index is -0.352. The van der Waals surface area contributed by atoms with Gasteiger partial charge in [0.1, 0.15) is 12.7 Å². The fourth-order valence-electron chi connectivity index (χ4n) is 0.990. The van der Waals surface area contributed by atoms with Gasteiger partial charge in [-0.1, -0.05) is 15.9 Å². The third-order valence-electron chi connectivity index (χ3n) is 1.66. The summed E-state index contributed by atoms with van der Waals surface area (Å²) in [6, 6.07) is 0. The number of halogens is 1. The normalized spacial score (nSPS) is 25.2. The Morgan fingerprint density at radius 1 is 1.31 bits per heavy atom. The summed E-state index contributed by atoms with van der Waals surface area (Å²) < 4.78 is 9.87. The maximum absolute atomic E-state index is 11.1. The van der Waals surface area contributed by atoms with Crippen molar-refractivity contribution < 1.29 is 19.1 Å². The van der Waals surface area contributed by atoms with E-state index in [0.717, 1.165) is 0 Å². The van der Waals surface area contributed by atoms with Gasteiger partial charge in [-0.15, -0.1) is 0 Å². The maximum Gasteiger partial charge on any atom is 0.306 e. The lowest BCUT2D eigenvalue weighted by Gasteiger charge is -2.13. The number of esters is 2. The highest BCUT2D eigenvalue weighted by molar-refractivity contribution is 9.09. The third kappa shape index (κ3) is 3.76. The molecule has 1 heterocycles. The smallest absolute Gasteiger partial charge is 0.306 e. The summed E-state index contributed by atoms with van der Waals surface area (Å²) in [4.78, 5) is 22.0. The van der Waals surface area contributed by atoms with Crippen LogP contribution in [-0.2, 0) is 19.1 Å². The number of hydrogen-bond acceptors (Lipinski definition) is 4. The van der Waals surface area contributed by atoms with E-state index in [2.05, 4.69) is 15.9 Å². The van der Waals surface area contributed by atoms with E-state index in [9.17, 15) is 9.59 Å². The molecule has 1 unspecified atom stereocenters. The van der Waals surface area contributed by atoms with Crippen LogP contribution >= 0.6 is 15.9 Å². The van der Waals surface area contributed by atoms with E-state index < -0.39 is 0 Å². The highest BCUT2D eigenvalue weighted by Gasteiger charge is 2.18. The lowest BCUT2D eigenvalue weighted by atomic mass is 10.2. The molecule has 0 radical (unpaired) electrons. The third-order valence-corrected chi connectivity index (χ3v) is 2.38. The first-order valence-electron chi connectivity index (χ1n) is 4.13. The van der Waals surface area contributed by atoms with Crippen LogP contribution < -0.4 is 0 Å². The minimum absolute atomic E-state index is 0.149. The highest BCUT2D eigenvalue weighted by Crippen LogP contribution is 2.08. The van der Waals surface area contributed by atoms with Crippen LogP contribution in [0.2, 0.25) is 0 Å². The zero-order valence-corrected chi connectivity index (χ0v) is 8.71. The fourth-order valence-corrected chi connectivity index (χ4v) is 1.31. The van der Waals surface area contributed by atoms with Gasteiger partial charge in [-0.2, -0.15) is 0 Å². The second-order valence-corrected chi connectivity index (χ2v) is 3.45. The number of ether oxygens (including phenoxy) is 2. The lowest BCUT2D eigenvalue weighted by Crippen LogP contribution is -2.24. The molecule has 0 aromatic carbocycles. The van der Waals surface area contributed by atoms with Gasteiger partial charge in [0.15, 0.2) is 0 Å². The maximum atomic E-state index is 11.1. The van der Waals surface area contributed by atoms with Gasteiger partial charge in [0.05, 0.1) is 0 Å². The first kappa shape index (κ1) is 10.5. The molecule has 1 aliphatic heterocycles. The zero-order chi connectivity index (χ0) is 9.68. The summed E-state index contributed by atoms with van der Waals surface area (Å²) >= 11 is 3.18. The van der Waals surface area contributed by atoms with E-state index in [0.29, 0.717) is 24.6 Å². The predicted octanol–water partition coefficient (Wildman–Crippen LogP) is 1.02. The Balaban J connectivity index is 2.50. The molecule has 0 amide bonds. The Morgan fingerprint density at radius 3 is 2.69 bits per heavy atom. The second-order valence-electron chi connectivity index (χ2n) is 2.80. The summed E-state index contributed by atoms with van der Waals surface area (Å²) in [5.41, 5.74) is 0. The molecule has 1 atom stereocenters. The summed E-state index contributed by atoms with van der Waals surface area (Å²) in [6.07, 6.45) is 0.740. The number of cyclic esters (lactones) is 2. The van der Waals surface area contributed by atoms with Gasteiger partial charge < -0.3 is 9.47 Å². The van der Waals surface area contributed by atoms with Crippen molar-refractivity contribution >= 4 is 27.9 Å². The van der Waals surface area contributed by atoms with E-state index in [-0.39, 0.29) is 24.6 Å². The predicted molar refractivity (Wildman–Crippen MR) is 48.5 cm³/mol. The van der Waals surface area contributed by atoms with Crippen LogP contribution in [0.15, 0.2) is 0 Å². The summed E-state index contributed by atoms with van der Waals surface area (Å²) in [6.45, 7) is 0.149. The number of hydrogen-bond donors (Lipinski definition) is 0. The van der Waals surface area contributed by atoms with Crippen molar-refractivity contribution in [2.24, 2.45) is 0 Å². The second kappa shape index (κ2) is 5.21. The highest BCUT2D eigenvalue weighted by atomic mass is 79.9. The van der Waals surface area contributed by atoms with E-state index in [1.807, 2.05) is 0 Å². The average molecular weight is 251 g/mol. The van der Waals surface area contributed by atoms with E-state index in [1.165, 1.54) is 0 Å². The van der Waals surface area contributed by atoms with Crippen LogP contribution in [0.4, 0.5) is 0 Å². The van der Waals surface area contributed by atoms with E-state index >= 15 is 0 Å². The Kier molecular flexibility index (Phi) is 4.21. The van der Waals surface area contributed by atoms with Crippen molar-refractivity contribution in [3.63, 3.8) is 0 Å². The summed E-state index contributed by atoms with van der Waals surface area (Å²) in [7, 11) is 0. The quantitative estimate of drug-likeness (QED) is 0.515. The van der Waals surface area contributed by atoms with Gasteiger partial charge in [0, 0.05) is 18.2 Å². The molecule has 4 nitrogen and oxygen atoms in total. The van der Waals surface area contributed by atoms with Crippen molar-refractivity contribution in [2.45, 2.75) is 25.4 Å². The van der Waals surface area contributed by atoms with Gasteiger partial charge in [0.25, 0.3) is 0 Å². The molecule has 74 valence electrons. The van der Waals surface area contributed by atoms with E-state index in [1.54, 1.807) is 0 Å². The topological polar surface area (TPSA) is 52.6 Å². The summed E-state index contributed by atoms with van der Waals surface area (Å²) in [5.74, 6) is -0.521. The van der Waals surface area contributed by atoms with E-state index in [4.69, 9.17) is 9.47 Å². The lowest BCUT2D eigenvalue weighted by molar-refractivity contribution is -0.154. The molecule has 0 bridgehead atoms. The Morgan fingerprint density at radius 2 is 2.00 bits per heavy atom. The molecule has 0 aliphatic carbocycles. The van der Waals surface area contributed by atoms with Gasteiger partial charge in [-0.25, -0.2) is 0 Å². The summed E-state index contributed by atoms with van der Waals surface area (Å²) in [5, 5.41) is 0.492. The van der Waals surface area contributed by atoms with Crippen molar-refractivity contribution in [1.82, 2.24) is 0 Å². The van der Waals surface area contributed by atoms with Crippen LogP contribution in [0.3, 0.4) is 0 Å². The number of alkyl halides is 1. The van der Waals surface area contributed by atoms with Crippen LogP contribution in [0.1, 0.15) is 19.3 Å². The number of carbonyl (C=O) groups excluding carboxylic acids is 2. The van der Waals surface area contributed by atoms with Gasteiger partial charge in [-0.05, 0) is 6.42 Å². The van der Waals surface area contributed by atoms with Crippen molar-refractivity contribution in [3.8, 4) is 0 Å². The largest absolute Gasteiger partial charge is 0.462 e. The minimum Gasteiger partial charge on any atom is -0.462 e. The molecule has 0 aromatic rings.